The van der Waals surface area contributed by atoms with Crippen LogP contribution in [0.3, 0.4) is 0 Å². The van der Waals surface area contributed by atoms with E-state index in [1.165, 1.54) is 0 Å². The number of likely N-dealkylation sites (tertiary alicyclic amines) is 1. The average molecular weight is 470 g/mol. The van der Waals surface area contributed by atoms with Gasteiger partial charge in [-0.1, -0.05) is 26.7 Å². The van der Waals surface area contributed by atoms with Crippen LogP contribution in [0.25, 0.3) is 0 Å². The minimum absolute atomic E-state index is 0.0174. The maximum absolute atomic E-state index is 12.5. The van der Waals surface area contributed by atoms with Gasteiger partial charge in [-0.15, -0.1) is 0 Å². The van der Waals surface area contributed by atoms with Crippen LogP contribution in [0.1, 0.15) is 91.9 Å². The molecule has 1 aliphatic rings. The smallest absolute Gasteiger partial charge is 0.236 e. The van der Waals surface area contributed by atoms with Gasteiger partial charge in [-0.2, -0.15) is 0 Å². The molecule has 0 saturated carbocycles. The molecule has 0 spiro atoms. The molecule has 0 aliphatic carbocycles. The molecule has 33 heavy (non-hydrogen) atoms. The van der Waals surface area contributed by atoms with Crippen molar-refractivity contribution in [3.05, 3.63) is 0 Å². The fourth-order valence-corrected chi connectivity index (χ4v) is 4.03. The van der Waals surface area contributed by atoms with Gasteiger partial charge in [0.2, 0.25) is 11.8 Å². The molecule has 1 saturated heterocycles. The van der Waals surface area contributed by atoms with Crippen LogP contribution in [0.2, 0.25) is 0 Å². The number of nitrogens with zero attached hydrogens (tertiary/aromatic N) is 1. The number of β-amino-alcohol motifs (C(OH)–C–C–N with tert-alkyl or cyclic N) is 1. The van der Waals surface area contributed by atoms with Gasteiger partial charge >= 0.3 is 0 Å². The highest BCUT2D eigenvalue weighted by molar-refractivity contribution is 5.81. The Balaban J connectivity index is 2.13. The third kappa shape index (κ3) is 13.1. The number of unbranched alkanes of at least 4 members (excludes halogenated alkanes) is 1. The number of aliphatic hydroxyl groups excluding tert-OH is 1. The topological polar surface area (TPSA) is 122 Å². The highest BCUT2D eigenvalue weighted by Gasteiger charge is 2.34. The lowest BCUT2D eigenvalue weighted by Crippen LogP contribution is -2.41. The number of aliphatic hydroxyl groups is 1. The normalized spacial score (nSPS) is 19.3. The van der Waals surface area contributed by atoms with Crippen molar-refractivity contribution >= 4 is 17.6 Å². The molecule has 2 amide bonds. The molecule has 3 atom stereocenters. The van der Waals surface area contributed by atoms with E-state index in [-0.39, 0.29) is 29.7 Å². The van der Waals surface area contributed by atoms with Crippen LogP contribution in [0.5, 0.6) is 0 Å². The van der Waals surface area contributed by atoms with E-state index in [1.807, 2.05) is 13.8 Å². The molecule has 0 aromatic heterocycles. The van der Waals surface area contributed by atoms with Crippen molar-refractivity contribution in [3.8, 4) is 0 Å². The molecule has 0 aromatic rings. The zero-order valence-corrected chi connectivity index (χ0v) is 21.2. The molecule has 192 valence electrons. The van der Waals surface area contributed by atoms with E-state index in [0.29, 0.717) is 77.0 Å². The SMILES string of the molecule is CC(C)CCC[C@@H](N)C(=O)NCCCC(=O)CCCCC(=O)N1C[C@@H](O)C[C@H]1COC(C)C. The Morgan fingerprint density at radius 1 is 1.03 bits per heavy atom. The van der Waals surface area contributed by atoms with E-state index in [0.717, 1.165) is 12.8 Å². The summed E-state index contributed by atoms with van der Waals surface area (Å²) < 4.78 is 5.63. The molecule has 0 aromatic carbocycles. The first-order valence-corrected chi connectivity index (χ1v) is 12.7. The van der Waals surface area contributed by atoms with Crippen LogP contribution in [0.4, 0.5) is 0 Å². The van der Waals surface area contributed by atoms with E-state index < -0.39 is 12.1 Å². The number of nitrogens with one attached hydrogen (secondary N) is 1. The first-order chi connectivity index (χ1) is 15.6. The van der Waals surface area contributed by atoms with Gasteiger partial charge in [-0.05, 0) is 51.9 Å². The Labute approximate surface area is 200 Å². The summed E-state index contributed by atoms with van der Waals surface area (Å²) in [5, 5.41) is 12.7. The lowest BCUT2D eigenvalue weighted by Gasteiger charge is -2.25. The average Bonchev–Trinajstić information content (AvgIpc) is 3.12. The summed E-state index contributed by atoms with van der Waals surface area (Å²) in [7, 11) is 0. The zero-order valence-electron chi connectivity index (χ0n) is 21.2. The summed E-state index contributed by atoms with van der Waals surface area (Å²) in [5.41, 5.74) is 5.91. The monoisotopic (exact) mass is 469 g/mol. The fraction of sp³-hybridized carbons (Fsp3) is 0.880. The van der Waals surface area contributed by atoms with E-state index in [2.05, 4.69) is 19.2 Å². The highest BCUT2D eigenvalue weighted by Crippen LogP contribution is 2.20. The predicted molar refractivity (Wildman–Crippen MR) is 130 cm³/mol. The second-order valence-electron chi connectivity index (χ2n) is 10.0. The number of carbonyl (C=O) groups excluding carboxylic acids is 3. The highest BCUT2D eigenvalue weighted by atomic mass is 16.5. The second-order valence-corrected chi connectivity index (χ2v) is 10.0. The first kappa shape index (κ1) is 29.5. The van der Waals surface area contributed by atoms with Gasteiger partial charge in [-0.25, -0.2) is 0 Å². The molecule has 0 unspecified atom stereocenters. The van der Waals surface area contributed by atoms with Crippen LogP contribution in [0, 0.1) is 5.92 Å². The predicted octanol–water partition coefficient (Wildman–Crippen LogP) is 2.55. The van der Waals surface area contributed by atoms with E-state index in [1.54, 1.807) is 4.90 Å². The molecular formula is C25H47N3O5. The molecule has 0 radical (unpaired) electrons. The van der Waals surface area contributed by atoms with E-state index >= 15 is 0 Å². The van der Waals surface area contributed by atoms with Gasteiger partial charge in [0.15, 0.2) is 0 Å². The molecule has 8 heteroatoms. The van der Waals surface area contributed by atoms with Gasteiger partial charge in [0, 0.05) is 32.4 Å². The van der Waals surface area contributed by atoms with Crippen molar-refractivity contribution in [1.29, 1.82) is 0 Å². The number of Topliss-reactive ketones (excluding diaryl/α,β-unsaturated/α-hetero) is 1. The molecule has 1 aliphatic heterocycles. The molecule has 4 N–H and O–H groups in total. The molecular weight excluding hydrogens is 422 g/mol. The summed E-state index contributed by atoms with van der Waals surface area (Å²) in [6, 6.07) is -0.555. The number of ketones is 1. The maximum Gasteiger partial charge on any atom is 0.236 e. The number of hydrogen-bond donors (Lipinski definition) is 3. The van der Waals surface area contributed by atoms with Crippen molar-refractivity contribution in [1.82, 2.24) is 10.2 Å². The lowest BCUT2D eigenvalue weighted by molar-refractivity contribution is -0.134. The van der Waals surface area contributed by atoms with E-state index in [9.17, 15) is 19.5 Å². The third-order valence-corrected chi connectivity index (χ3v) is 6.00. The minimum Gasteiger partial charge on any atom is -0.391 e. The van der Waals surface area contributed by atoms with Crippen molar-refractivity contribution in [2.45, 2.75) is 116 Å². The fourth-order valence-electron chi connectivity index (χ4n) is 4.03. The van der Waals surface area contributed by atoms with Crippen LogP contribution in [0.15, 0.2) is 0 Å². The van der Waals surface area contributed by atoms with Crippen LogP contribution in [-0.4, -0.2) is 71.6 Å². The quantitative estimate of drug-likeness (QED) is 0.281. The van der Waals surface area contributed by atoms with Crippen molar-refractivity contribution in [3.63, 3.8) is 0 Å². The molecule has 1 heterocycles. The standard InChI is InChI=1S/C25H47N3O5/c1-18(2)9-7-12-23(26)25(32)27-14-8-11-21(29)10-5-6-13-24(31)28-16-22(30)15-20(28)17-33-19(3)4/h18-20,22-23,30H,5-17,26H2,1-4H3,(H,27,32)/t20-,22-,23+/m0/s1. The summed E-state index contributed by atoms with van der Waals surface area (Å²) in [4.78, 5) is 38.3. The van der Waals surface area contributed by atoms with Gasteiger partial charge in [0.05, 0.1) is 30.9 Å². The van der Waals surface area contributed by atoms with Gasteiger partial charge in [-0.3, -0.25) is 14.4 Å². The summed E-state index contributed by atoms with van der Waals surface area (Å²) >= 11 is 0. The number of hydrogen-bond acceptors (Lipinski definition) is 6. The maximum atomic E-state index is 12.5. The first-order valence-electron chi connectivity index (χ1n) is 12.7. The second kappa shape index (κ2) is 16.2. The van der Waals surface area contributed by atoms with Crippen molar-refractivity contribution in [2.24, 2.45) is 11.7 Å². The van der Waals surface area contributed by atoms with Crippen molar-refractivity contribution < 1.29 is 24.2 Å². The largest absolute Gasteiger partial charge is 0.391 e. The number of nitrogens with two attached hydrogens (primary N) is 1. The van der Waals surface area contributed by atoms with Gasteiger partial charge in [0.25, 0.3) is 0 Å². The van der Waals surface area contributed by atoms with Crippen molar-refractivity contribution in [2.75, 3.05) is 19.7 Å². The molecule has 0 bridgehead atoms. The van der Waals surface area contributed by atoms with E-state index in [4.69, 9.17) is 10.5 Å². The van der Waals surface area contributed by atoms with Crippen LogP contribution < -0.4 is 11.1 Å². The zero-order chi connectivity index (χ0) is 24.8. The number of amides is 2. The Bertz CT molecular complexity index is 597. The summed E-state index contributed by atoms with van der Waals surface area (Å²) in [6.07, 6.45) is 6.00. The van der Waals surface area contributed by atoms with Gasteiger partial charge < -0.3 is 25.8 Å². The molecule has 8 nitrogen and oxygen atoms in total. The summed E-state index contributed by atoms with van der Waals surface area (Å²) in [6.45, 7) is 9.46. The summed E-state index contributed by atoms with van der Waals surface area (Å²) in [5.74, 6) is 0.633. The lowest BCUT2D eigenvalue weighted by atomic mass is 10.0. The Morgan fingerprint density at radius 2 is 1.70 bits per heavy atom. The Kier molecular flexibility index (Phi) is 14.5. The van der Waals surface area contributed by atoms with Gasteiger partial charge in [0.1, 0.15) is 5.78 Å². The van der Waals surface area contributed by atoms with Crippen LogP contribution >= 0.6 is 0 Å². The van der Waals surface area contributed by atoms with Crippen LogP contribution in [-0.2, 0) is 19.1 Å². The minimum atomic E-state index is -0.494. The molecule has 1 fully saturated rings. The Hall–Kier alpha value is -1.51. The Morgan fingerprint density at radius 3 is 2.36 bits per heavy atom. The number of rotatable bonds is 17. The number of carbonyl (C=O) groups is 3. The molecule has 1 rings (SSSR count). The third-order valence-electron chi connectivity index (χ3n) is 6.00. The number of ether oxygens (including phenoxy) is 1.